The molecule has 0 bridgehead atoms. The number of amidine groups is 1. The van der Waals surface area contributed by atoms with Crippen LogP contribution in [0.25, 0.3) is 0 Å². The Morgan fingerprint density at radius 2 is 2.05 bits per heavy atom. The van der Waals surface area contributed by atoms with Crippen molar-refractivity contribution in [1.82, 2.24) is 14.8 Å². The minimum Gasteiger partial charge on any atom is -0.409 e. The Balaban J connectivity index is 1.87. The number of nitrogens with zero attached hydrogens (tertiary/aromatic N) is 5. The van der Waals surface area contributed by atoms with Gasteiger partial charge in [-0.1, -0.05) is 5.16 Å². The van der Waals surface area contributed by atoms with Gasteiger partial charge in [-0.3, -0.25) is 9.88 Å². The number of hydrogen-bond donors (Lipinski definition) is 2. The number of rotatable bonds is 5. The molecule has 0 atom stereocenters. The number of aromatic nitrogens is 1. The van der Waals surface area contributed by atoms with Crippen molar-refractivity contribution in [1.29, 1.82) is 0 Å². The van der Waals surface area contributed by atoms with E-state index in [2.05, 4.69) is 38.9 Å². The minimum absolute atomic E-state index is 0.0371. The van der Waals surface area contributed by atoms with Crippen LogP contribution in [-0.4, -0.2) is 79.2 Å². The Kier molecular flexibility index (Phi) is 5.35. The summed E-state index contributed by atoms with van der Waals surface area (Å²) in [6.45, 7) is 6.33. The highest BCUT2D eigenvalue weighted by Crippen LogP contribution is 2.15. The molecule has 1 saturated heterocycles. The fraction of sp³-hybridized carbons (Fsp3) is 0.571. The van der Waals surface area contributed by atoms with E-state index in [1.54, 1.807) is 12.3 Å². The Hall–Kier alpha value is -1.86. The number of anilines is 1. The molecular formula is C14H24N6O. The maximum atomic E-state index is 8.63. The van der Waals surface area contributed by atoms with Gasteiger partial charge in [0.1, 0.15) is 5.69 Å². The van der Waals surface area contributed by atoms with Crippen molar-refractivity contribution >= 4 is 11.5 Å². The molecule has 1 aromatic heterocycles. The summed E-state index contributed by atoms with van der Waals surface area (Å²) >= 11 is 0. The molecule has 1 aliphatic heterocycles. The molecule has 7 heteroatoms. The van der Waals surface area contributed by atoms with Crippen LogP contribution in [0, 0.1) is 0 Å². The highest BCUT2D eigenvalue weighted by atomic mass is 16.4. The minimum atomic E-state index is 0.0371. The number of oxime groups is 1. The molecule has 7 nitrogen and oxygen atoms in total. The van der Waals surface area contributed by atoms with Crippen LogP contribution < -0.4 is 10.6 Å². The molecule has 3 N–H and O–H groups in total. The summed E-state index contributed by atoms with van der Waals surface area (Å²) in [5.74, 6) is 0.0371. The maximum absolute atomic E-state index is 8.63. The van der Waals surface area contributed by atoms with Crippen LogP contribution in [0.5, 0.6) is 0 Å². The van der Waals surface area contributed by atoms with E-state index in [1.165, 1.54) is 0 Å². The van der Waals surface area contributed by atoms with E-state index in [4.69, 9.17) is 10.9 Å². The molecule has 0 aliphatic carbocycles. The molecule has 2 heterocycles. The van der Waals surface area contributed by atoms with Gasteiger partial charge in [-0.25, -0.2) is 0 Å². The van der Waals surface area contributed by atoms with Gasteiger partial charge in [-0.05, 0) is 26.2 Å². The second-order valence-corrected chi connectivity index (χ2v) is 5.52. The first-order chi connectivity index (χ1) is 10.1. The molecule has 0 saturated carbocycles. The van der Waals surface area contributed by atoms with Gasteiger partial charge in [0.25, 0.3) is 0 Å². The summed E-state index contributed by atoms with van der Waals surface area (Å²) in [5.41, 5.74) is 7.08. The summed E-state index contributed by atoms with van der Waals surface area (Å²) < 4.78 is 0. The molecule has 116 valence electrons. The van der Waals surface area contributed by atoms with Crippen LogP contribution in [0.1, 0.15) is 5.69 Å². The van der Waals surface area contributed by atoms with E-state index in [9.17, 15) is 0 Å². The average molecular weight is 292 g/mol. The summed E-state index contributed by atoms with van der Waals surface area (Å²) in [7, 11) is 4.20. The van der Waals surface area contributed by atoms with Crippen molar-refractivity contribution in [2.24, 2.45) is 10.9 Å². The van der Waals surface area contributed by atoms with E-state index in [0.717, 1.165) is 45.0 Å². The number of likely N-dealkylation sites (N-methyl/N-ethyl adjacent to an activating group) is 1. The molecule has 1 aromatic rings. The largest absolute Gasteiger partial charge is 0.409 e. The fourth-order valence-corrected chi connectivity index (χ4v) is 2.35. The first-order valence-electron chi connectivity index (χ1n) is 7.16. The quantitative estimate of drug-likeness (QED) is 0.340. The van der Waals surface area contributed by atoms with Crippen LogP contribution in [0.3, 0.4) is 0 Å². The molecule has 1 aliphatic rings. The molecule has 0 unspecified atom stereocenters. The standard InChI is InChI=1S/C14H24N6O/c1-18(2)5-6-19-7-9-20(10-8-19)12-3-4-13(16-11-12)14(15)17-21/h3-4,11,21H,5-10H2,1-2H3,(H2,15,17). The van der Waals surface area contributed by atoms with Crippen molar-refractivity contribution in [2.75, 3.05) is 58.3 Å². The predicted octanol–water partition coefficient (Wildman–Crippen LogP) is -0.140. The third-order valence-electron chi connectivity index (χ3n) is 3.72. The molecule has 0 spiro atoms. The van der Waals surface area contributed by atoms with Gasteiger partial charge in [0.15, 0.2) is 5.84 Å². The number of nitrogens with two attached hydrogens (primary N) is 1. The molecule has 2 rings (SSSR count). The van der Waals surface area contributed by atoms with Crippen LogP contribution in [-0.2, 0) is 0 Å². The monoisotopic (exact) mass is 292 g/mol. The molecule has 1 fully saturated rings. The van der Waals surface area contributed by atoms with Crippen LogP contribution >= 0.6 is 0 Å². The third kappa shape index (κ3) is 4.30. The molecule has 0 radical (unpaired) electrons. The average Bonchev–Trinajstić information content (AvgIpc) is 2.53. The second-order valence-electron chi connectivity index (χ2n) is 5.52. The molecule has 21 heavy (non-hydrogen) atoms. The van der Waals surface area contributed by atoms with Gasteiger partial charge in [-0.15, -0.1) is 0 Å². The van der Waals surface area contributed by atoms with Gasteiger partial charge in [0.05, 0.1) is 11.9 Å². The van der Waals surface area contributed by atoms with Gasteiger partial charge >= 0.3 is 0 Å². The van der Waals surface area contributed by atoms with Crippen LogP contribution in [0.2, 0.25) is 0 Å². The zero-order valence-corrected chi connectivity index (χ0v) is 12.7. The van der Waals surface area contributed by atoms with Crippen LogP contribution in [0.15, 0.2) is 23.5 Å². The SMILES string of the molecule is CN(C)CCN1CCN(c2ccc(/C(N)=N/O)nc2)CC1. The lowest BCUT2D eigenvalue weighted by Crippen LogP contribution is -2.48. The Labute approximate surface area is 125 Å². The van der Waals surface area contributed by atoms with Gasteiger partial charge in [-0.2, -0.15) is 0 Å². The lowest BCUT2D eigenvalue weighted by Gasteiger charge is -2.36. The maximum Gasteiger partial charge on any atom is 0.188 e. The van der Waals surface area contributed by atoms with E-state index in [0.29, 0.717) is 5.69 Å². The Morgan fingerprint density at radius 1 is 1.33 bits per heavy atom. The highest BCUT2D eigenvalue weighted by molar-refractivity contribution is 5.95. The summed E-state index contributed by atoms with van der Waals surface area (Å²) in [6, 6.07) is 3.75. The molecule has 0 aromatic carbocycles. The van der Waals surface area contributed by atoms with Gasteiger partial charge in [0.2, 0.25) is 0 Å². The van der Waals surface area contributed by atoms with E-state index in [1.807, 2.05) is 6.07 Å². The zero-order valence-electron chi connectivity index (χ0n) is 12.7. The number of piperazine rings is 1. The molecular weight excluding hydrogens is 268 g/mol. The smallest absolute Gasteiger partial charge is 0.188 e. The van der Waals surface area contributed by atoms with Crippen molar-refractivity contribution in [2.45, 2.75) is 0 Å². The van der Waals surface area contributed by atoms with Crippen LogP contribution in [0.4, 0.5) is 5.69 Å². The number of pyridine rings is 1. The second kappa shape index (κ2) is 7.24. The number of hydrogen-bond acceptors (Lipinski definition) is 6. The summed E-state index contributed by atoms with van der Waals surface area (Å²) in [5, 5.41) is 11.6. The lowest BCUT2D eigenvalue weighted by molar-refractivity contribution is 0.229. The van der Waals surface area contributed by atoms with E-state index < -0.39 is 0 Å². The van der Waals surface area contributed by atoms with Gasteiger partial charge in [0, 0.05) is 39.3 Å². The van der Waals surface area contributed by atoms with E-state index in [-0.39, 0.29) is 5.84 Å². The van der Waals surface area contributed by atoms with Crippen molar-refractivity contribution in [3.8, 4) is 0 Å². The predicted molar refractivity (Wildman–Crippen MR) is 84.0 cm³/mol. The topological polar surface area (TPSA) is 81.2 Å². The summed E-state index contributed by atoms with van der Waals surface area (Å²) in [4.78, 5) is 11.2. The molecule has 0 amide bonds. The normalized spacial score (nSPS) is 17.5. The van der Waals surface area contributed by atoms with E-state index >= 15 is 0 Å². The zero-order chi connectivity index (χ0) is 15.2. The first kappa shape index (κ1) is 15.5. The first-order valence-corrected chi connectivity index (χ1v) is 7.16. The Morgan fingerprint density at radius 3 is 2.57 bits per heavy atom. The third-order valence-corrected chi connectivity index (χ3v) is 3.72. The summed E-state index contributed by atoms with van der Waals surface area (Å²) in [6.07, 6.45) is 1.78. The lowest BCUT2D eigenvalue weighted by atomic mass is 10.2. The Bertz CT molecular complexity index is 465. The van der Waals surface area contributed by atoms with Crippen molar-refractivity contribution in [3.05, 3.63) is 24.0 Å². The van der Waals surface area contributed by atoms with Gasteiger partial charge < -0.3 is 20.7 Å². The fourth-order valence-electron chi connectivity index (χ4n) is 2.35. The highest BCUT2D eigenvalue weighted by Gasteiger charge is 2.17. The van der Waals surface area contributed by atoms with Crippen molar-refractivity contribution in [3.63, 3.8) is 0 Å². The van der Waals surface area contributed by atoms with Crippen molar-refractivity contribution < 1.29 is 5.21 Å².